The lowest BCUT2D eigenvalue weighted by atomic mass is 9.94. The molecule has 1 heterocycles. The highest BCUT2D eigenvalue weighted by molar-refractivity contribution is 5.23. The zero-order valence-corrected chi connectivity index (χ0v) is 7.84. The van der Waals surface area contributed by atoms with Crippen molar-refractivity contribution < 1.29 is 8.78 Å². The molecule has 0 aliphatic carbocycles. The third-order valence-electron chi connectivity index (χ3n) is 2.62. The lowest BCUT2D eigenvalue weighted by molar-refractivity contribution is 0.151. The molecule has 0 aromatic heterocycles. The second-order valence-corrected chi connectivity index (χ2v) is 3.77. The molecule has 76 valence electrons. The van der Waals surface area contributed by atoms with Crippen molar-refractivity contribution in [3.05, 3.63) is 35.4 Å². The highest BCUT2D eigenvalue weighted by Crippen LogP contribution is 2.20. The number of alkyl halides is 2. The van der Waals surface area contributed by atoms with Crippen LogP contribution in [0.4, 0.5) is 8.78 Å². The van der Waals surface area contributed by atoms with Crippen LogP contribution in [0.5, 0.6) is 0 Å². The molecule has 1 nitrogen and oxygen atoms in total. The molecule has 1 fully saturated rings. The van der Waals surface area contributed by atoms with Gasteiger partial charge in [0, 0.05) is 5.56 Å². The lowest BCUT2D eigenvalue weighted by Crippen LogP contribution is -2.43. The van der Waals surface area contributed by atoms with Gasteiger partial charge in [-0.05, 0) is 31.0 Å². The van der Waals surface area contributed by atoms with E-state index in [9.17, 15) is 8.78 Å². The zero-order valence-electron chi connectivity index (χ0n) is 7.84. The Kier molecular flexibility index (Phi) is 2.77. The minimum Gasteiger partial charge on any atom is -0.316 e. The van der Waals surface area contributed by atoms with Gasteiger partial charge in [-0.2, -0.15) is 0 Å². The molecule has 1 N–H and O–H groups in total. The van der Waals surface area contributed by atoms with Crippen LogP contribution in [-0.2, 0) is 6.42 Å². The Bertz CT molecular complexity index is 291. The van der Waals surface area contributed by atoms with Gasteiger partial charge in [0.05, 0.1) is 0 Å². The minimum atomic E-state index is -2.35. The van der Waals surface area contributed by atoms with Gasteiger partial charge in [-0.1, -0.05) is 24.3 Å². The second kappa shape index (κ2) is 4.05. The Labute approximate surface area is 82.1 Å². The molecule has 1 saturated heterocycles. The standard InChI is InChI=1S/C11H13F2N/c12-11(13)10-3-1-8(2-4-10)5-9-6-14-7-9/h1-4,9,11,14H,5-7H2. The van der Waals surface area contributed by atoms with Crippen LogP contribution >= 0.6 is 0 Å². The van der Waals surface area contributed by atoms with E-state index >= 15 is 0 Å². The van der Waals surface area contributed by atoms with E-state index < -0.39 is 6.43 Å². The molecule has 0 atom stereocenters. The predicted octanol–water partition coefficient (Wildman–Crippen LogP) is 2.39. The van der Waals surface area contributed by atoms with E-state index in [1.54, 1.807) is 12.1 Å². The molecule has 0 bridgehead atoms. The second-order valence-electron chi connectivity index (χ2n) is 3.77. The first-order valence-corrected chi connectivity index (χ1v) is 4.83. The molecule has 0 saturated carbocycles. The molecule has 0 spiro atoms. The smallest absolute Gasteiger partial charge is 0.263 e. The predicted molar refractivity (Wildman–Crippen MR) is 51.5 cm³/mol. The fourth-order valence-corrected chi connectivity index (χ4v) is 1.63. The van der Waals surface area contributed by atoms with Gasteiger partial charge < -0.3 is 5.32 Å². The van der Waals surface area contributed by atoms with Gasteiger partial charge in [0.25, 0.3) is 6.43 Å². The molecule has 1 aliphatic heterocycles. The van der Waals surface area contributed by atoms with Gasteiger partial charge in [-0.3, -0.25) is 0 Å². The molecular formula is C11H13F2N. The van der Waals surface area contributed by atoms with Crippen molar-refractivity contribution in [1.29, 1.82) is 0 Å². The molecular weight excluding hydrogens is 184 g/mol. The quantitative estimate of drug-likeness (QED) is 0.784. The topological polar surface area (TPSA) is 12.0 Å². The zero-order chi connectivity index (χ0) is 9.97. The van der Waals surface area contributed by atoms with E-state index in [4.69, 9.17) is 0 Å². The average Bonchev–Trinajstić information content (AvgIpc) is 2.12. The van der Waals surface area contributed by atoms with Gasteiger partial charge in [0.2, 0.25) is 0 Å². The summed E-state index contributed by atoms with van der Waals surface area (Å²) >= 11 is 0. The maximum absolute atomic E-state index is 12.2. The fraction of sp³-hybridized carbons (Fsp3) is 0.455. The van der Waals surface area contributed by atoms with Gasteiger partial charge in [-0.25, -0.2) is 8.78 Å². The first kappa shape index (κ1) is 9.59. The number of nitrogens with one attached hydrogen (secondary N) is 1. The molecule has 0 amide bonds. The van der Waals surface area contributed by atoms with Crippen molar-refractivity contribution in [1.82, 2.24) is 5.32 Å². The number of rotatable bonds is 3. The summed E-state index contributed by atoms with van der Waals surface area (Å²) in [7, 11) is 0. The van der Waals surface area contributed by atoms with Gasteiger partial charge in [0.1, 0.15) is 0 Å². The van der Waals surface area contributed by atoms with Crippen molar-refractivity contribution in [2.75, 3.05) is 13.1 Å². The van der Waals surface area contributed by atoms with Crippen LogP contribution in [0.25, 0.3) is 0 Å². The third kappa shape index (κ3) is 2.10. The van der Waals surface area contributed by atoms with E-state index in [-0.39, 0.29) is 5.56 Å². The van der Waals surface area contributed by atoms with Crippen LogP contribution in [0.2, 0.25) is 0 Å². The van der Waals surface area contributed by atoms with E-state index in [2.05, 4.69) is 5.32 Å². The summed E-state index contributed by atoms with van der Waals surface area (Å²) < 4.78 is 24.5. The van der Waals surface area contributed by atoms with E-state index in [0.717, 1.165) is 25.1 Å². The van der Waals surface area contributed by atoms with E-state index in [1.807, 2.05) is 0 Å². The van der Waals surface area contributed by atoms with Crippen LogP contribution in [0, 0.1) is 5.92 Å². The first-order chi connectivity index (χ1) is 6.75. The number of hydrogen-bond acceptors (Lipinski definition) is 1. The first-order valence-electron chi connectivity index (χ1n) is 4.83. The summed E-state index contributed by atoms with van der Waals surface area (Å²) in [5.74, 6) is 0.687. The molecule has 1 aromatic rings. The Balaban J connectivity index is 1.98. The Morgan fingerprint density at radius 2 is 1.86 bits per heavy atom. The summed E-state index contributed by atoms with van der Waals surface area (Å²) in [4.78, 5) is 0. The highest BCUT2D eigenvalue weighted by atomic mass is 19.3. The Morgan fingerprint density at radius 1 is 1.21 bits per heavy atom. The van der Waals surface area contributed by atoms with Gasteiger partial charge in [-0.15, -0.1) is 0 Å². The molecule has 1 aromatic carbocycles. The minimum absolute atomic E-state index is 0.112. The SMILES string of the molecule is FC(F)c1ccc(CC2CNC2)cc1. The van der Waals surface area contributed by atoms with Crippen LogP contribution in [0.15, 0.2) is 24.3 Å². The van der Waals surface area contributed by atoms with Crippen LogP contribution in [0.3, 0.4) is 0 Å². The van der Waals surface area contributed by atoms with Crippen molar-refractivity contribution in [2.45, 2.75) is 12.8 Å². The van der Waals surface area contributed by atoms with Crippen LogP contribution < -0.4 is 5.32 Å². The number of halogens is 2. The molecule has 3 heteroatoms. The number of benzene rings is 1. The summed E-state index contributed by atoms with van der Waals surface area (Å²) in [5.41, 5.74) is 1.27. The summed E-state index contributed by atoms with van der Waals surface area (Å²) in [6.45, 7) is 2.10. The maximum Gasteiger partial charge on any atom is 0.263 e. The van der Waals surface area contributed by atoms with Gasteiger partial charge >= 0.3 is 0 Å². The van der Waals surface area contributed by atoms with Crippen LogP contribution in [0.1, 0.15) is 17.6 Å². The van der Waals surface area contributed by atoms with Crippen molar-refractivity contribution in [3.8, 4) is 0 Å². The van der Waals surface area contributed by atoms with Crippen molar-refractivity contribution >= 4 is 0 Å². The third-order valence-corrected chi connectivity index (χ3v) is 2.62. The van der Waals surface area contributed by atoms with E-state index in [1.165, 1.54) is 12.1 Å². The van der Waals surface area contributed by atoms with Crippen LogP contribution in [-0.4, -0.2) is 13.1 Å². The van der Waals surface area contributed by atoms with Gasteiger partial charge in [0.15, 0.2) is 0 Å². The van der Waals surface area contributed by atoms with E-state index in [0.29, 0.717) is 5.92 Å². The van der Waals surface area contributed by atoms with Crippen molar-refractivity contribution in [3.63, 3.8) is 0 Å². The summed E-state index contributed by atoms with van der Waals surface area (Å²) in [6.07, 6.45) is -1.36. The fourth-order valence-electron chi connectivity index (χ4n) is 1.63. The molecule has 1 aliphatic rings. The summed E-state index contributed by atoms with van der Waals surface area (Å²) in [6, 6.07) is 6.65. The Morgan fingerprint density at radius 3 is 2.29 bits per heavy atom. The average molecular weight is 197 g/mol. The lowest BCUT2D eigenvalue weighted by Gasteiger charge is -2.27. The largest absolute Gasteiger partial charge is 0.316 e. The highest BCUT2D eigenvalue weighted by Gasteiger charge is 2.16. The monoisotopic (exact) mass is 197 g/mol. The molecule has 14 heavy (non-hydrogen) atoms. The molecule has 2 rings (SSSR count). The molecule has 0 unspecified atom stereocenters. The normalized spacial score (nSPS) is 17.1. The summed E-state index contributed by atoms with van der Waals surface area (Å²) in [5, 5.41) is 3.19. The number of hydrogen-bond donors (Lipinski definition) is 1. The Hall–Kier alpha value is -0.960. The maximum atomic E-state index is 12.2. The van der Waals surface area contributed by atoms with Crippen molar-refractivity contribution in [2.24, 2.45) is 5.92 Å². The molecule has 0 radical (unpaired) electrons.